The van der Waals surface area contributed by atoms with E-state index in [4.69, 9.17) is 23.2 Å². The van der Waals surface area contributed by atoms with Gasteiger partial charge in [0.1, 0.15) is 5.71 Å². The van der Waals surface area contributed by atoms with Crippen LogP contribution in [0.5, 0.6) is 0 Å². The molecule has 0 aromatic heterocycles. The molecule has 3 rings (SSSR count). The Balaban J connectivity index is 1.74. The molecule has 0 atom stereocenters. The van der Waals surface area contributed by atoms with E-state index in [9.17, 15) is 4.79 Å². The molecule has 1 N–H and O–H groups in total. The van der Waals surface area contributed by atoms with E-state index in [2.05, 4.69) is 31.4 Å². The number of hydrogen-bond acceptors (Lipinski definition) is 4. The second-order valence-electron chi connectivity index (χ2n) is 4.49. The number of carbonyl (C=O) groups excluding carboxylic acids is 1. The summed E-state index contributed by atoms with van der Waals surface area (Å²) in [6.07, 6.45) is 1.39. The molecule has 0 radical (unpaired) electrons. The average Bonchev–Trinajstić information content (AvgIpc) is 2.79. The third-order valence-corrected chi connectivity index (χ3v) is 4.21. The van der Waals surface area contributed by atoms with E-state index >= 15 is 0 Å². The summed E-state index contributed by atoms with van der Waals surface area (Å²) in [5.74, 6) is -0.156. The van der Waals surface area contributed by atoms with Gasteiger partial charge in [-0.25, -0.2) is 4.99 Å². The molecular formula is C15H8BrCl2N3O. The molecule has 2 aromatic rings. The summed E-state index contributed by atoms with van der Waals surface area (Å²) >= 11 is 15.1. The number of nitrogens with zero attached hydrogens (tertiary/aromatic N) is 2. The van der Waals surface area contributed by atoms with Crippen LogP contribution in [0, 0.1) is 0 Å². The van der Waals surface area contributed by atoms with Gasteiger partial charge in [0.2, 0.25) is 5.78 Å². The highest BCUT2D eigenvalue weighted by molar-refractivity contribution is 9.10. The number of fused-ring (bicyclic) bond motifs is 1. The lowest BCUT2D eigenvalue weighted by atomic mass is 10.1. The third kappa shape index (κ3) is 3.06. The predicted molar refractivity (Wildman–Crippen MR) is 94.1 cm³/mol. The van der Waals surface area contributed by atoms with Crippen molar-refractivity contribution in [3.8, 4) is 0 Å². The molecule has 0 aliphatic carbocycles. The minimum atomic E-state index is -0.156. The summed E-state index contributed by atoms with van der Waals surface area (Å²) < 4.78 is 0.835. The first-order chi connectivity index (χ1) is 10.5. The molecule has 1 heterocycles. The molecule has 110 valence electrons. The van der Waals surface area contributed by atoms with E-state index in [0.29, 0.717) is 27.0 Å². The van der Waals surface area contributed by atoms with Crippen molar-refractivity contribution < 1.29 is 4.79 Å². The lowest BCUT2D eigenvalue weighted by Gasteiger charge is -2.01. The quantitative estimate of drug-likeness (QED) is 0.578. The number of Topliss-reactive ketones (excluding diaryl/α,β-unsaturated/α-hetero) is 1. The third-order valence-electron chi connectivity index (χ3n) is 2.98. The van der Waals surface area contributed by atoms with Crippen molar-refractivity contribution in [1.29, 1.82) is 0 Å². The summed E-state index contributed by atoms with van der Waals surface area (Å²) in [5, 5.41) is 4.90. The highest BCUT2D eigenvalue weighted by Crippen LogP contribution is 2.29. The van der Waals surface area contributed by atoms with Gasteiger partial charge in [0, 0.05) is 4.47 Å². The van der Waals surface area contributed by atoms with Crippen molar-refractivity contribution in [2.45, 2.75) is 0 Å². The van der Waals surface area contributed by atoms with Crippen LogP contribution in [0.1, 0.15) is 10.4 Å². The van der Waals surface area contributed by atoms with Crippen LogP contribution < -0.4 is 5.43 Å². The van der Waals surface area contributed by atoms with Gasteiger partial charge in [-0.2, -0.15) is 5.10 Å². The summed E-state index contributed by atoms with van der Waals surface area (Å²) in [6.45, 7) is 0. The highest BCUT2D eigenvalue weighted by Gasteiger charge is 2.23. The molecule has 1 aliphatic rings. The summed E-state index contributed by atoms with van der Waals surface area (Å²) in [5.41, 5.74) is 4.93. The number of carbonyl (C=O) groups is 1. The van der Waals surface area contributed by atoms with E-state index in [1.807, 2.05) is 6.07 Å². The smallest absolute Gasteiger partial charge is 0.215 e. The molecule has 0 fully saturated rings. The molecule has 0 unspecified atom stereocenters. The molecule has 0 amide bonds. The zero-order chi connectivity index (χ0) is 15.7. The second-order valence-corrected chi connectivity index (χ2v) is 6.22. The van der Waals surface area contributed by atoms with Gasteiger partial charge in [0.05, 0.1) is 33.2 Å². The van der Waals surface area contributed by atoms with Crippen LogP contribution in [0.25, 0.3) is 0 Å². The van der Waals surface area contributed by atoms with Gasteiger partial charge in [-0.1, -0.05) is 39.1 Å². The molecule has 22 heavy (non-hydrogen) atoms. The van der Waals surface area contributed by atoms with Gasteiger partial charge in [-0.05, 0) is 36.4 Å². The van der Waals surface area contributed by atoms with Crippen molar-refractivity contribution >= 4 is 68.2 Å². The van der Waals surface area contributed by atoms with Crippen molar-refractivity contribution in [2.75, 3.05) is 5.43 Å². The van der Waals surface area contributed by atoms with Gasteiger partial charge >= 0.3 is 0 Å². The molecule has 0 saturated carbocycles. The molecule has 0 saturated heterocycles. The summed E-state index contributed by atoms with van der Waals surface area (Å²) in [4.78, 5) is 16.4. The van der Waals surface area contributed by atoms with Gasteiger partial charge in [-0.3, -0.25) is 10.2 Å². The maximum absolute atomic E-state index is 12.2. The monoisotopic (exact) mass is 395 g/mol. The van der Waals surface area contributed by atoms with E-state index < -0.39 is 0 Å². The lowest BCUT2D eigenvalue weighted by Crippen LogP contribution is -2.11. The molecule has 0 bridgehead atoms. The van der Waals surface area contributed by atoms with Crippen LogP contribution in [0.3, 0.4) is 0 Å². The van der Waals surface area contributed by atoms with Crippen molar-refractivity contribution in [3.05, 3.63) is 56.5 Å². The van der Waals surface area contributed by atoms with E-state index in [0.717, 1.165) is 4.47 Å². The van der Waals surface area contributed by atoms with Gasteiger partial charge in [0.25, 0.3) is 0 Å². The maximum Gasteiger partial charge on any atom is 0.215 e. The molecule has 4 nitrogen and oxygen atoms in total. The molecule has 0 spiro atoms. The predicted octanol–water partition coefficient (Wildman–Crippen LogP) is 5.12. The number of nitrogens with one attached hydrogen (secondary N) is 1. The lowest BCUT2D eigenvalue weighted by molar-refractivity contribution is 0.107. The fourth-order valence-corrected chi connectivity index (χ4v) is 2.59. The standard InChI is InChI=1S/C15H8BrCl2N3O/c16-8-1-4-13-10(5-8)15(22)14(20-13)7-19-21-9-2-3-11(17)12(18)6-9/h1-7,21H/b19-7+. The Hall–Kier alpha value is -1.69. The minimum absolute atomic E-state index is 0.156. The van der Waals surface area contributed by atoms with Crippen molar-refractivity contribution in [1.82, 2.24) is 0 Å². The zero-order valence-electron chi connectivity index (χ0n) is 11.0. The van der Waals surface area contributed by atoms with E-state index in [-0.39, 0.29) is 11.5 Å². The number of anilines is 1. The molecule has 7 heteroatoms. The number of hydrazone groups is 1. The Morgan fingerprint density at radius 2 is 1.95 bits per heavy atom. The maximum atomic E-state index is 12.2. The number of halogens is 3. The molecule has 2 aromatic carbocycles. The fourth-order valence-electron chi connectivity index (χ4n) is 1.93. The van der Waals surface area contributed by atoms with E-state index in [1.54, 1.807) is 30.3 Å². The van der Waals surface area contributed by atoms with Crippen LogP contribution in [-0.2, 0) is 0 Å². The number of ketones is 1. The van der Waals surface area contributed by atoms with Crippen LogP contribution in [-0.4, -0.2) is 17.7 Å². The first kappa shape index (κ1) is 15.2. The summed E-state index contributed by atoms with van der Waals surface area (Å²) in [6, 6.07) is 10.4. The average molecular weight is 397 g/mol. The number of rotatable bonds is 3. The Morgan fingerprint density at radius 3 is 2.73 bits per heavy atom. The van der Waals surface area contributed by atoms with Crippen molar-refractivity contribution in [3.63, 3.8) is 0 Å². The topological polar surface area (TPSA) is 53.8 Å². The first-order valence-electron chi connectivity index (χ1n) is 6.21. The largest absolute Gasteiger partial charge is 0.287 e. The second kappa shape index (κ2) is 6.20. The number of benzene rings is 2. The molecular weight excluding hydrogens is 389 g/mol. The Kier molecular flexibility index (Phi) is 4.29. The Bertz CT molecular complexity index is 834. The first-order valence-corrected chi connectivity index (χ1v) is 7.76. The minimum Gasteiger partial charge on any atom is -0.287 e. The zero-order valence-corrected chi connectivity index (χ0v) is 14.1. The normalized spacial score (nSPS) is 13.4. The number of hydrogen-bond donors (Lipinski definition) is 1. The van der Waals surface area contributed by atoms with Gasteiger partial charge in [0.15, 0.2) is 0 Å². The van der Waals surface area contributed by atoms with Crippen molar-refractivity contribution in [2.24, 2.45) is 10.1 Å². The summed E-state index contributed by atoms with van der Waals surface area (Å²) in [7, 11) is 0. The van der Waals surface area contributed by atoms with Gasteiger partial charge in [-0.15, -0.1) is 0 Å². The van der Waals surface area contributed by atoms with Crippen LogP contribution in [0.15, 0.2) is 51.0 Å². The van der Waals surface area contributed by atoms with Crippen LogP contribution in [0.2, 0.25) is 10.0 Å². The van der Waals surface area contributed by atoms with E-state index in [1.165, 1.54) is 6.21 Å². The van der Waals surface area contributed by atoms with Crippen LogP contribution >= 0.6 is 39.1 Å². The Morgan fingerprint density at radius 1 is 1.14 bits per heavy atom. The Labute approximate surface area is 145 Å². The van der Waals surface area contributed by atoms with Gasteiger partial charge < -0.3 is 0 Å². The highest BCUT2D eigenvalue weighted by atomic mass is 79.9. The van der Waals surface area contributed by atoms with Crippen LogP contribution in [0.4, 0.5) is 11.4 Å². The fraction of sp³-hybridized carbons (Fsp3) is 0. The number of aliphatic imine (C=N–C) groups is 1. The SMILES string of the molecule is O=C1C(/C=N/Nc2ccc(Cl)c(Cl)c2)=Nc2ccc(Br)cc21. The molecule has 1 aliphatic heterocycles.